The number of hydrogen-bond donors (Lipinski definition) is 2. The van der Waals surface area contributed by atoms with Gasteiger partial charge >= 0.3 is 12.1 Å². The number of rotatable bonds is 4. The summed E-state index contributed by atoms with van der Waals surface area (Å²) >= 11 is 0. The smallest absolute Gasteiger partial charge is 0.417 e. The molecule has 2 N–H and O–H groups in total. The van der Waals surface area contributed by atoms with Crippen molar-refractivity contribution >= 4 is 11.8 Å². The number of carbonyl (C=O) groups is 1. The van der Waals surface area contributed by atoms with Crippen LogP contribution in [0.5, 0.6) is 0 Å². The van der Waals surface area contributed by atoms with Gasteiger partial charge in [-0.05, 0) is 37.5 Å². The lowest BCUT2D eigenvalue weighted by atomic mass is 10.0. The van der Waals surface area contributed by atoms with E-state index < -0.39 is 29.1 Å². The van der Waals surface area contributed by atoms with Gasteiger partial charge in [0.1, 0.15) is 17.2 Å². The quantitative estimate of drug-likeness (QED) is 0.708. The normalized spacial score (nSPS) is 15.1. The zero-order valence-corrected chi connectivity index (χ0v) is 14.5. The van der Waals surface area contributed by atoms with Gasteiger partial charge in [0.2, 0.25) is 0 Å². The molecule has 4 nitrogen and oxygen atoms in total. The molecule has 27 heavy (non-hydrogen) atoms. The maximum atomic E-state index is 13.9. The summed E-state index contributed by atoms with van der Waals surface area (Å²) in [5, 5.41) is 12.2. The highest BCUT2D eigenvalue weighted by Crippen LogP contribution is 2.38. The second kappa shape index (κ2) is 7.17. The molecule has 0 spiro atoms. The molecule has 0 bridgehead atoms. The number of aromatic carboxylic acids is 1. The summed E-state index contributed by atoms with van der Waals surface area (Å²) < 4.78 is 54.5. The third-order valence-electron chi connectivity index (χ3n) is 4.70. The summed E-state index contributed by atoms with van der Waals surface area (Å²) in [6.45, 7) is 1.54. The molecule has 8 heteroatoms. The molecule has 0 amide bonds. The summed E-state index contributed by atoms with van der Waals surface area (Å²) in [6.07, 6.45) is -1.61. The van der Waals surface area contributed by atoms with Gasteiger partial charge in [-0.15, -0.1) is 0 Å². The molecule has 0 unspecified atom stereocenters. The van der Waals surface area contributed by atoms with E-state index >= 15 is 0 Å². The van der Waals surface area contributed by atoms with Crippen molar-refractivity contribution in [2.75, 3.05) is 5.32 Å². The minimum Gasteiger partial charge on any atom is -0.478 e. The first kappa shape index (κ1) is 19.1. The average molecular weight is 382 g/mol. The SMILES string of the molecule is Cc1ccc(-c2cc(C(F)(F)F)c(C(=O)O)c(NC3CCCC3)n2)cc1F. The van der Waals surface area contributed by atoms with Crippen LogP contribution in [-0.2, 0) is 6.18 Å². The first-order chi connectivity index (χ1) is 12.7. The van der Waals surface area contributed by atoms with Crippen LogP contribution < -0.4 is 5.32 Å². The molecule has 2 aromatic rings. The van der Waals surface area contributed by atoms with Gasteiger partial charge in [0, 0.05) is 11.6 Å². The zero-order valence-electron chi connectivity index (χ0n) is 14.5. The first-order valence-corrected chi connectivity index (χ1v) is 8.55. The van der Waals surface area contributed by atoms with Crippen LogP contribution in [0, 0.1) is 12.7 Å². The van der Waals surface area contributed by atoms with Gasteiger partial charge in [-0.25, -0.2) is 14.2 Å². The number of nitrogens with zero attached hydrogens (tertiary/aromatic N) is 1. The molecule has 1 aliphatic rings. The fourth-order valence-electron chi connectivity index (χ4n) is 3.25. The summed E-state index contributed by atoms with van der Waals surface area (Å²) in [7, 11) is 0. The number of benzene rings is 1. The van der Waals surface area contributed by atoms with Gasteiger partial charge in [-0.2, -0.15) is 13.2 Å². The molecule has 1 aromatic heterocycles. The molecule has 1 heterocycles. The Hall–Kier alpha value is -2.64. The fraction of sp³-hybridized carbons (Fsp3) is 0.368. The molecule has 3 rings (SSSR count). The lowest BCUT2D eigenvalue weighted by Crippen LogP contribution is -2.22. The third kappa shape index (κ3) is 4.04. The predicted octanol–water partition coefficient (Wildman–Crippen LogP) is 5.27. The van der Waals surface area contributed by atoms with Crippen molar-refractivity contribution in [1.29, 1.82) is 0 Å². The van der Waals surface area contributed by atoms with Crippen molar-refractivity contribution in [3.63, 3.8) is 0 Å². The third-order valence-corrected chi connectivity index (χ3v) is 4.70. The highest BCUT2D eigenvalue weighted by molar-refractivity contribution is 5.96. The van der Waals surface area contributed by atoms with E-state index in [9.17, 15) is 27.5 Å². The van der Waals surface area contributed by atoms with E-state index in [1.807, 2.05) is 0 Å². The molecule has 0 aliphatic heterocycles. The summed E-state index contributed by atoms with van der Waals surface area (Å²) in [4.78, 5) is 15.7. The fourth-order valence-corrected chi connectivity index (χ4v) is 3.25. The van der Waals surface area contributed by atoms with Crippen molar-refractivity contribution in [3.8, 4) is 11.3 Å². The van der Waals surface area contributed by atoms with Gasteiger partial charge in [-0.1, -0.05) is 25.0 Å². The minimum absolute atomic E-state index is 0.133. The molecule has 144 valence electrons. The van der Waals surface area contributed by atoms with Crippen LogP contribution in [0.15, 0.2) is 24.3 Å². The minimum atomic E-state index is -4.89. The van der Waals surface area contributed by atoms with E-state index in [2.05, 4.69) is 10.3 Å². The van der Waals surface area contributed by atoms with E-state index in [1.54, 1.807) is 0 Å². The Bertz CT molecular complexity index is 875. The van der Waals surface area contributed by atoms with E-state index in [0.717, 1.165) is 31.7 Å². The topological polar surface area (TPSA) is 62.2 Å². The second-order valence-electron chi connectivity index (χ2n) is 6.67. The van der Waals surface area contributed by atoms with E-state index in [4.69, 9.17) is 0 Å². The molecular formula is C19H18F4N2O2. The number of aromatic nitrogens is 1. The Morgan fingerprint density at radius 2 is 1.89 bits per heavy atom. The Labute approximate surface area is 153 Å². The molecule has 1 saturated carbocycles. The van der Waals surface area contributed by atoms with Crippen LogP contribution >= 0.6 is 0 Å². The molecule has 0 saturated heterocycles. The molecule has 1 fully saturated rings. The van der Waals surface area contributed by atoms with Gasteiger partial charge in [0.15, 0.2) is 0 Å². The summed E-state index contributed by atoms with van der Waals surface area (Å²) in [5.41, 5.74) is -1.85. The Kier molecular flexibility index (Phi) is 5.08. The number of nitrogens with one attached hydrogen (secondary N) is 1. The Balaban J connectivity index is 2.19. The van der Waals surface area contributed by atoms with Crippen molar-refractivity contribution in [2.24, 2.45) is 0 Å². The Morgan fingerprint density at radius 3 is 2.44 bits per heavy atom. The number of pyridine rings is 1. The van der Waals surface area contributed by atoms with Crippen LogP contribution in [-0.4, -0.2) is 22.1 Å². The number of halogens is 4. The largest absolute Gasteiger partial charge is 0.478 e. The number of carboxylic acids is 1. The Morgan fingerprint density at radius 1 is 1.22 bits per heavy atom. The van der Waals surface area contributed by atoms with Crippen molar-refractivity contribution in [1.82, 2.24) is 4.98 Å². The van der Waals surface area contributed by atoms with Crippen molar-refractivity contribution < 1.29 is 27.5 Å². The number of alkyl halides is 3. The highest BCUT2D eigenvalue weighted by atomic mass is 19.4. The number of hydrogen-bond acceptors (Lipinski definition) is 3. The van der Waals surface area contributed by atoms with Crippen LogP contribution in [0.3, 0.4) is 0 Å². The lowest BCUT2D eigenvalue weighted by Gasteiger charge is -2.19. The zero-order chi connectivity index (χ0) is 19.8. The van der Waals surface area contributed by atoms with Crippen LogP contribution in [0.25, 0.3) is 11.3 Å². The summed E-state index contributed by atoms with van der Waals surface area (Å²) in [6, 6.07) is 4.52. The molecule has 1 aliphatic carbocycles. The molecule has 0 radical (unpaired) electrons. The first-order valence-electron chi connectivity index (χ1n) is 8.55. The van der Waals surface area contributed by atoms with Crippen LogP contribution in [0.1, 0.15) is 47.2 Å². The van der Waals surface area contributed by atoms with Crippen molar-refractivity contribution in [3.05, 3.63) is 46.8 Å². The van der Waals surface area contributed by atoms with Gasteiger partial charge in [0.05, 0.1) is 11.3 Å². The number of anilines is 1. The van der Waals surface area contributed by atoms with E-state index in [1.165, 1.54) is 19.1 Å². The predicted molar refractivity (Wildman–Crippen MR) is 92.2 cm³/mol. The monoisotopic (exact) mass is 382 g/mol. The van der Waals surface area contributed by atoms with Gasteiger partial charge in [-0.3, -0.25) is 0 Å². The maximum Gasteiger partial charge on any atom is 0.417 e. The van der Waals surface area contributed by atoms with Crippen LogP contribution in [0.4, 0.5) is 23.4 Å². The molecular weight excluding hydrogens is 364 g/mol. The highest BCUT2D eigenvalue weighted by Gasteiger charge is 2.38. The number of aryl methyl sites for hydroxylation is 1. The van der Waals surface area contributed by atoms with Gasteiger partial charge < -0.3 is 10.4 Å². The van der Waals surface area contributed by atoms with Gasteiger partial charge in [0.25, 0.3) is 0 Å². The summed E-state index contributed by atoms with van der Waals surface area (Å²) in [5.74, 6) is -2.62. The van der Waals surface area contributed by atoms with E-state index in [0.29, 0.717) is 11.6 Å². The second-order valence-corrected chi connectivity index (χ2v) is 6.67. The molecule has 1 aromatic carbocycles. The van der Waals surface area contributed by atoms with E-state index in [-0.39, 0.29) is 23.1 Å². The van der Waals surface area contributed by atoms with Crippen LogP contribution in [0.2, 0.25) is 0 Å². The molecule has 0 atom stereocenters. The standard InChI is InChI=1S/C19H18F4N2O2/c1-10-6-7-11(8-14(10)20)15-9-13(19(21,22)23)16(18(26)27)17(25-15)24-12-4-2-3-5-12/h6-9,12H,2-5H2,1H3,(H,24,25)(H,26,27). The van der Waals surface area contributed by atoms with Crippen molar-refractivity contribution in [2.45, 2.75) is 44.8 Å². The maximum absolute atomic E-state index is 13.9. The lowest BCUT2D eigenvalue weighted by molar-refractivity contribution is -0.138. The average Bonchev–Trinajstić information content (AvgIpc) is 3.08. The number of carboxylic acid groups (broad SMARTS) is 1.